The minimum absolute atomic E-state index is 0.221. The summed E-state index contributed by atoms with van der Waals surface area (Å²) < 4.78 is 0. The number of pyridine rings is 2. The molecule has 7 rings (SSSR count). The molecule has 2 heterocycles. The van der Waals surface area contributed by atoms with E-state index in [2.05, 4.69) is 24.3 Å². The summed E-state index contributed by atoms with van der Waals surface area (Å²) in [4.78, 5) is 10.1. The lowest BCUT2D eigenvalue weighted by Gasteiger charge is -2.19. The predicted molar refractivity (Wildman–Crippen MR) is 194 cm³/mol. The van der Waals surface area contributed by atoms with E-state index in [1.807, 2.05) is 146 Å². The third-order valence-electron chi connectivity index (χ3n) is 8.50. The van der Waals surface area contributed by atoms with Gasteiger partial charge in [0.15, 0.2) is 0 Å². The molecular formula is C44H24N6. The van der Waals surface area contributed by atoms with Crippen molar-refractivity contribution in [3.05, 3.63) is 168 Å². The maximum atomic E-state index is 10.8. The zero-order chi connectivity index (χ0) is 34.5. The highest BCUT2D eigenvalue weighted by Gasteiger charge is 2.28. The predicted octanol–water partition coefficient (Wildman–Crippen LogP) is 9.97. The summed E-state index contributed by atoms with van der Waals surface area (Å²) in [6.07, 6.45) is 0. The van der Waals surface area contributed by atoms with Crippen LogP contribution in [0.4, 0.5) is 0 Å². The molecule has 0 spiro atoms. The van der Waals surface area contributed by atoms with Gasteiger partial charge in [0.05, 0.1) is 45.0 Å². The first-order valence-electron chi connectivity index (χ1n) is 15.8. The van der Waals surface area contributed by atoms with Crippen molar-refractivity contribution in [3.8, 4) is 91.6 Å². The fourth-order valence-corrected chi connectivity index (χ4v) is 6.29. The largest absolute Gasteiger partial charge is 0.245 e. The van der Waals surface area contributed by atoms with E-state index in [9.17, 15) is 21.0 Å². The second kappa shape index (κ2) is 13.6. The summed E-state index contributed by atoms with van der Waals surface area (Å²) in [6.45, 7) is 0. The summed E-state index contributed by atoms with van der Waals surface area (Å²) in [7, 11) is 0. The van der Waals surface area contributed by atoms with Crippen molar-refractivity contribution in [2.75, 3.05) is 0 Å². The van der Waals surface area contributed by atoms with Gasteiger partial charge in [0.1, 0.15) is 24.3 Å². The smallest absolute Gasteiger partial charge is 0.102 e. The molecule has 0 saturated carbocycles. The van der Waals surface area contributed by atoms with Gasteiger partial charge in [0.2, 0.25) is 0 Å². The Hall–Kier alpha value is -7.64. The average Bonchev–Trinajstić information content (AvgIpc) is 3.20. The molecule has 0 saturated heterocycles. The SMILES string of the molecule is N#Cc1c(-c2ccccc2)nc(-c2ccccc2-c2nc(-c3ccccc3)c(C#N)c(-c3ccccc3)c2C#N)c(C#N)c1-c1ccccc1. The van der Waals surface area contributed by atoms with Crippen molar-refractivity contribution >= 4 is 0 Å². The van der Waals surface area contributed by atoms with Crippen molar-refractivity contribution in [3.63, 3.8) is 0 Å². The molecule has 0 amide bonds. The third kappa shape index (κ3) is 5.42. The molecule has 7 aromatic rings. The quantitative estimate of drug-likeness (QED) is 0.179. The fraction of sp³-hybridized carbons (Fsp3) is 0. The van der Waals surface area contributed by atoms with E-state index in [0.717, 1.165) is 11.1 Å². The number of nitrogens with zero attached hydrogens (tertiary/aromatic N) is 6. The molecule has 0 radical (unpaired) electrons. The minimum Gasteiger partial charge on any atom is -0.245 e. The Kier molecular flexibility index (Phi) is 8.43. The maximum absolute atomic E-state index is 10.8. The van der Waals surface area contributed by atoms with E-state index in [-0.39, 0.29) is 22.3 Å². The van der Waals surface area contributed by atoms with Crippen molar-refractivity contribution in [2.45, 2.75) is 0 Å². The van der Waals surface area contributed by atoms with Gasteiger partial charge >= 0.3 is 0 Å². The molecule has 0 fully saturated rings. The maximum Gasteiger partial charge on any atom is 0.102 e. The highest BCUT2D eigenvalue weighted by Crippen LogP contribution is 2.44. The van der Waals surface area contributed by atoms with Crippen molar-refractivity contribution in [2.24, 2.45) is 0 Å². The summed E-state index contributed by atoms with van der Waals surface area (Å²) in [5, 5.41) is 42.8. The molecule has 230 valence electrons. The monoisotopic (exact) mass is 636 g/mol. The van der Waals surface area contributed by atoms with E-state index in [0.29, 0.717) is 56.2 Å². The van der Waals surface area contributed by atoms with Gasteiger partial charge in [-0.25, -0.2) is 9.97 Å². The van der Waals surface area contributed by atoms with Crippen LogP contribution in [0.3, 0.4) is 0 Å². The van der Waals surface area contributed by atoms with E-state index in [1.54, 1.807) is 0 Å². The molecule has 5 aromatic carbocycles. The number of benzene rings is 5. The molecule has 0 bridgehead atoms. The highest BCUT2D eigenvalue weighted by atomic mass is 14.8. The van der Waals surface area contributed by atoms with E-state index in [1.165, 1.54) is 0 Å². The molecule has 6 nitrogen and oxygen atoms in total. The van der Waals surface area contributed by atoms with Gasteiger partial charge in [-0.3, -0.25) is 0 Å². The van der Waals surface area contributed by atoms with Crippen molar-refractivity contribution < 1.29 is 0 Å². The van der Waals surface area contributed by atoms with Crippen LogP contribution in [0.25, 0.3) is 67.3 Å². The molecule has 50 heavy (non-hydrogen) atoms. The van der Waals surface area contributed by atoms with E-state index in [4.69, 9.17) is 9.97 Å². The van der Waals surface area contributed by atoms with Gasteiger partial charge in [0, 0.05) is 33.4 Å². The Bertz CT molecular complexity index is 2370. The molecule has 6 heteroatoms. The highest BCUT2D eigenvalue weighted by molar-refractivity contribution is 5.96. The fourth-order valence-electron chi connectivity index (χ4n) is 6.29. The summed E-state index contributed by atoms with van der Waals surface area (Å²) in [6, 6.07) is 54.3. The Morgan fingerprint density at radius 2 is 0.560 bits per heavy atom. The van der Waals surface area contributed by atoms with E-state index >= 15 is 0 Å². The summed E-state index contributed by atoms with van der Waals surface area (Å²) in [5.74, 6) is 0. The zero-order valence-corrected chi connectivity index (χ0v) is 26.5. The van der Waals surface area contributed by atoms with Gasteiger partial charge < -0.3 is 0 Å². The Morgan fingerprint density at radius 3 is 0.860 bits per heavy atom. The normalized spacial score (nSPS) is 10.3. The number of hydrogen-bond acceptors (Lipinski definition) is 6. The van der Waals surface area contributed by atoms with Crippen LogP contribution in [-0.2, 0) is 0 Å². The summed E-state index contributed by atoms with van der Waals surface area (Å²) in [5.41, 5.74) is 7.44. The lowest BCUT2D eigenvalue weighted by Crippen LogP contribution is -2.05. The lowest BCUT2D eigenvalue weighted by molar-refractivity contribution is 1.26. The van der Waals surface area contributed by atoms with Crippen LogP contribution in [-0.4, -0.2) is 9.97 Å². The van der Waals surface area contributed by atoms with Gasteiger partial charge in [0.25, 0.3) is 0 Å². The number of aromatic nitrogens is 2. The summed E-state index contributed by atoms with van der Waals surface area (Å²) >= 11 is 0. The second-order valence-corrected chi connectivity index (χ2v) is 11.3. The molecule has 0 N–H and O–H groups in total. The van der Waals surface area contributed by atoms with Crippen LogP contribution < -0.4 is 0 Å². The van der Waals surface area contributed by atoms with Gasteiger partial charge in [-0.15, -0.1) is 0 Å². The average molecular weight is 637 g/mol. The van der Waals surface area contributed by atoms with Crippen LogP contribution in [0.1, 0.15) is 22.3 Å². The van der Waals surface area contributed by atoms with Crippen LogP contribution in [0.5, 0.6) is 0 Å². The van der Waals surface area contributed by atoms with Crippen LogP contribution in [0.2, 0.25) is 0 Å². The molecule has 2 aromatic heterocycles. The number of nitriles is 4. The second-order valence-electron chi connectivity index (χ2n) is 11.3. The van der Waals surface area contributed by atoms with Crippen LogP contribution in [0, 0.1) is 45.3 Å². The molecule has 0 unspecified atom stereocenters. The van der Waals surface area contributed by atoms with Gasteiger partial charge in [-0.2, -0.15) is 21.0 Å². The van der Waals surface area contributed by atoms with Crippen molar-refractivity contribution in [1.29, 1.82) is 21.0 Å². The molecule has 0 aliphatic carbocycles. The lowest BCUT2D eigenvalue weighted by atomic mass is 9.86. The van der Waals surface area contributed by atoms with Crippen LogP contribution >= 0.6 is 0 Å². The number of hydrogen-bond donors (Lipinski definition) is 0. The Balaban J connectivity index is 1.62. The number of rotatable bonds is 6. The topological polar surface area (TPSA) is 121 Å². The molecule has 0 aliphatic heterocycles. The molecular weight excluding hydrogens is 613 g/mol. The minimum atomic E-state index is 0.221. The first-order chi connectivity index (χ1) is 24.7. The van der Waals surface area contributed by atoms with Crippen LogP contribution in [0.15, 0.2) is 146 Å². The Morgan fingerprint density at radius 1 is 0.300 bits per heavy atom. The van der Waals surface area contributed by atoms with Gasteiger partial charge in [-0.1, -0.05) is 146 Å². The first kappa shape index (κ1) is 31.0. The van der Waals surface area contributed by atoms with Gasteiger partial charge in [-0.05, 0) is 11.1 Å². The molecule has 0 atom stereocenters. The molecule has 0 aliphatic rings. The van der Waals surface area contributed by atoms with Crippen molar-refractivity contribution in [1.82, 2.24) is 9.97 Å². The van der Waals surface area contributed by atoms with E-state index < -0.39 is 0 Å². The third-order valence-corrected chi connectivity index (χ3v) is 8.50. The zero-order valence-electron chi connectivity index (χ0n) is 26.5. The Labute approximate surface area is 289 Å². The standard InChI is InChI=1S/C44H24N6/c45-25-35-39(29-15-5-1-6-16-29)37(27-47)43(49-41(35)31-19-9-3-10-20-31)33-23-13-14-24-34(33)44-38(28-48)40(30-17-7-2-8-18-30)36(26-46)42(50-44)32-21-11-4-12-22-32/h1-24H. The first-order valence-corrected chi connectivity index (χ1v) is 15.8.